The summed E-state index contributed by atoms with van der Waals surface area (Å²) in [5.41, 5.74) is 3.39. The highest BCUT2D eigenvalue weighted by atomic mass is 16.5. The first kappa shape index (κ1) is 8.48. The molecule has 0 radical (unpaired) electrons. The molecule has 1 aromatic carbocycles. The molecule has 3 rings (SSSR count). The zero-order chi connectivity index (χ0) is 10.3. The van der Waals surface area contributed by atoms with Crippen molar-refractivity contribution in [2.24, 2.45) is 0 Å². The number of hydrogen-bond acceptors (Lipinski definition) is 2. The van der Waals surface area contributed by atoms with E-state index in [1.54, 1.807) is 0 Å². The Bertz CT molecular complexity index is 520. The molecule has 2 heterocycles. The van der Waals surface area contributed by atoms with Crippen LogP contribution in [0.3, 0.4) is 0 Å². The Labute approximate surface area is 88.5 Å². The number of rotatable bonds is 0. The summed E-state index contributed by atoms with van der Waals surface area (Å²) in [6, 6.07) is 12.2. The van der Waals surface area contributed by atoms with Crippen LogP contribution in [0.4, 0.5) is 0 Å². The Kier molecular flexibility index (Phi) is 1.75. The van der Waals surface area contributed by atoms with Crippen molar-refractivity contribution >= 4 is 0 Å². The smallest absolute Gasteiger partial charge is 0.223 e. The molecule has 0 aliphatic carbocycles. The van der Waals surface area contributed by atoms with Crippen LogP contribution in [0.5, 0.6) is 11.6 Å². The van der Waals surface area contributed by atoms with E-state index in [0.29, 0.717) is 0 Å². The van der Waals surface area contributed by atoms with Gasteiger partial charge in [-0.15, -0.1) is 0 Å². The van der Waals surface area contributed by atoms with Crippen molar-refractivity contribution in [2.75, 3.05) is 0 Å². The van der Waals surface area contributed by atoms with Crippen molar-refractivity contribution in [3.8, 4) is 11.6 Å². The van der Waals surface area contributed by atoms with Gasteiger partial charge in [0.1, 0.15) is 5.75 Å². The Hall–Kier alpha value is -1.83. The molecule has 0 saturated carbocycles. The first-order valence-corrected chi connectivity index (χ1v) is 5.05. The third-order valence-corrected chi connectivity index (χ3v) is 2.64. The first-order chi connectivity index (χ1) is 7.33. The van der Waals surface area contributed by atoms with E-state index in [-0.39, 0.29) is 0 Å². The number of nitrogens with zero attached hydrogens (tertiary/aromatic N) is 1. The summed E-state index contributed by atoms with van der Waals surface area (Å²) < 4.78 is 5.75. The second kappa shape index (κ2) is 3.09. The van der Waals surface area contributed by atoms with Crippen molar-refractivity contribution in [2.45, 2.75) is 13.3 Å². The zero-order valence-electron chi connectivity index (χ0n) is 8.53. The molecule has 0 spiro atoms. The number of para-hydroxylation sites is 1. The van der Waals surface area contributed by atoms with Crippen molar-refractivity contribution < 1.29 is 4.74 Å². The average molecular weight is 197 g/mol. The van der Waals surface area contributed by atoms with E-state index in [0.717, 1.165) is 23.7 Å². The maximum absolute atomic E-state index is 5.75. The number of aryl methyl sites for hydroxylation is 1. The molecule has 74 valence electrons. The number of pyridine rings is 1. The normalized spacial score (nSPS) is 12.6. The molecule has 1 aliphatic rings. The van der Waals surface area contributed by atoms with Crippen molar-refractivity contribution in [3.05, 3.63) is 53.2 Å². The minimum absolute atomic E-state index is 0.758. The molecule has 0 unspecified atom stereocenters. The molecule has 0 atom stereocenters. The van der Waals surface area contributed by atoms with Gasteiger partial charge < -0.3 is 4.74 Å². The first-order valence-electron chi connectivity index (χ1n) is 5.05. The Morgan fingerprint density at radius 3 is 2.87 bits per heavy atom. The molecular weight excluding hydrogens is 186 g/mol. The van der Waals surface area contributed by atoms with Crippen LogP contribution in [0.1, 0.15) is 16.8 Å². The average Bonchev–Trinajstić information content (AvgIpc) is 2.26. The SMILES string of the molecule is Cc1ccc2c(n1)Oc1ccccc1C2. The van der Waals surface area contributed by atoms with E-state index >= 15 is 0 Å². The van der Waals surface area contributed by atoms with Crippen LogP contribution in [-0.2, 0) is 6.42 Å². The fourth-order valence-corrected chi connectivity index (χ4v) is 1.84. The molecule has 0 saturated heterocycles. The molecule has 15 heavy (non-hydrogen) atoms. The maximum atomic E-state index is 5.75. The number of ether oxygens (including phenoxy) is 1. The van der Waals surface area contributed by atoms with Gasteiger partial charge in [0.25, 0.3) is 0 Å². The highest BCUT2D eigenvalue weighted by Crippen LogP contribution is 2.34. The lowest BCUT2D eigenvalue weighted by molar-refractivity contribution is 0.439. The summed E-state index contributed by atoms with van der Waals surface area (Å²) in [4.78, 5) is 4.39. The van der Waals surface area contributed by atoms with Gasteiger partial charge in [0.2, 0.25) is 5.88 Å². The fraction of sp³-hybridized carbons (Fsp3) is 0.154. The van der Waals surface area contributed by atoms with Gasteiger partial charge >= 0.3 is 0 Å². The quantitative estimate of drug-likeness (QED) is 0.552. The van der Waals surface area contributed by atoms with Gasteiger partial charge in [-0.05, 0) is 24.6 Å². The Morgan fingerprint density at radius 1 is 1.07 bits per heavy atom. The lowest BCUT2D eigenvalue weighted by atomic mass is 10.0. The molecule has 2 aromatic rings. The van der Waals surface area contributed by atoms with Crippen LogP contribution in [-0.4, -0.2) is 4.98 Å². The number of benzene rings is 1. The fourth-order valence-electron chi connectivity index (χ4n) is 1.84. The zero-order valence-corrected chi connectivity index (χ0v) is 8.53. The predicted octanol–water partition coefficient (Wildman–Crippen LogP) is 3.09. The van der Waals surface area contributed by atoms with E-state index < -0.39 is 0 Å². The summed E-state index contributed by atoms with van der Waals surface area (Å²) in [6.07, 6.45) is 0.915. The summed E-state index contributed by atoms with van der Waals surface area (Å²) in [5, 5.41) is 0. The van der Waals surface area contributed by atoms with Crippen LogP contribution in [0.25, 0.3) is 0 Å². The molecule has 0 fully saturated rings. The van der Waals surface area contributed by atoms with E-state index in [1.165, 1.54) is 11.1 Å². The predicted molar refractivity (Wildman–Crippen MR) is 58.3 cm³/mol. The van der Waals surface area contributed by atoms with Gasteiger partial charge in [0.15, 0.2) is 0 Å². The van der Waals surface area contributed by atoms with Gasteiger partial charge in [-0.25, -0.2) is 4.98 Å². The Balaban J connectivity index is 2.11. The molecule has 0 bridgehead atoms. The number of aromatic nitrogens is 1. The maximum Gasteiger partial charge on any atom is 0.223 e. The molecular formula is C13H11NO. The van der Waals surface area contributed by atoms with Crippen molar-refractivity contribution in [1.29, 1.82) is 0 Å². The summed E-state index contributed by atoms with van der Waals surface area (Å²) in [6.45, 7) is 1.98. The van der Waals surface area contributed by atoms with Crippen molar-refractivity contribution in [1.82, 2.24) is 4.98 Å². The topological polar surface area (TPSA) is 22.1 Å². The van der Waals surface area contributed by atoms with Crippen LogP contribution in [0.2, 0.25) is 0 Å². The molecule has 2 heteroatoms. The van der Waals surface area contributed by atoms with Gasteiger partial charge in [0, 0.05) is 17.7 Å². The molecule has 2 nitrogen and oxygen atoms in total. The van der Waals surface area contributed by atoms with Crippen LogP contribution in [0, 0.1) is 6.92 Å². The van der Waals surface area contributed by atoms with Crippen LogP contribution < -0.4 is 4.74 Å². The number of hydrogen-bond donors (Lipinski definition) is 0. The highest BCUT2D eigenvalue weighted by Gasteiger charge is 2.16. The monoisotopic (exact) mass is 197 g/mol. The second-order valence-corrected chi connectivity index (χ2v) is 3.80. The number of fused-ring (bicyclic) bond motifs is 2. The minimum atomic E-state index is 0.758. The second-order valence-electron chi connectivity index (χ2n) is 3.80. The summed E-state index contributed by atoms with van der Waals surface area (Å²) >= 11 is 0. The Morgan fingerprint density at radius 2 is 1.93 bits per heavy atom. The van der Waals surface area contributed by atoms with E-state index in [4.69, 9.17) is 4.74 Å². The molecule has 0 N–H and O–H groups in total. The molecule has 1 aromatic heterocycles. The standard InChI is InChI=1S/C13H11NO/c1-9-6-7-11-8-10-4-2-3-5-12(10)15-13(11)14-9/h2-7H,8H2,1H3. The highest BCUT2D eigenvalue weighted by molar-refractivity contribution is 5.46. The molecule has 0 amide bonds. The van der Waals surface area contributed by atoms with E-state index in [1.807, 2.05) is 31.2 Å². The molecule has 1 aliphatic heterocycles. The van der Waals surface area contributed by atoms with Crippen molar-refractivity contribution in [3.63, 3.8) is 0 Å². The lowest BCUT2D eigenvalue weighted by Crippen LogP contribution is -2.04. The van der Waals surface area contributed by atoms with Gasteiger partial charge in [-0.3, -0.25) is 0 Å². The van der Waals surface area contributed by atoms with Gasteiger partial charge in [-0.1, -0.05) is 24.3 Å². The van der Waals surface area contributed by atoms with Gasteiger partial charge in [-0.2, -0.15) is 0 Å². The minimum Gasteiger partial charge on any atom is -0.438 e. The van der Waals surface area contributed by atoms with Crippen LogP contribution in [0.15, 0.2) is 36.4 Å². The lowest BCUT2D eigenvalue weighted by Gasteiger charge is -2.18. The van der Waals surface area contributed by atoms with Crippen LogP contribution >= 0.6 is 0 Å². The third kappa shape index (κ3) is 1.38. The van der Waals surface area contributed by atoms with E-state index in [9.17, 15) is 0 Å². The van der Waals surface area contributed by atoms with E-state index in [2.05, 4.69) is 17.1 Å². The third-order valence-electron chi connectivity index (χ3n) is 2.64. The largest absolute Gasteiger partial charge is 0.438 e. The van der Waals surface area contributed by atoms with Gasteiger partial charge in [0.05, 0.1) is 0 Å². The summed E-state index contributed by atoms with van der Waals surface area (Å²) in [5.74, 6) is 1.69. The summed E-state index contributed by atoms with van der Waals surface area (Å²) in [7, 11) is 0.